The van der Waals surface area contributed by atoms with Gasteiger partial charge in [0.1, 0.15) is 48.0 Å². The molecule has 2 heterocycles. The van der Waals surface area contributed by atoms with Crippen LogP contribution in [0.5, 0.6) is 5.75 Å². The highest BCUT2D eigenvalue weighted by Crippen LogP contribution is 2.44. The van der Waals surface area contributed by atoms with Crippen LogP contribution in [-0.2, 0) is 59.2 Å². The molecule has 2 saturated heterocycles. The van der Waals surface area contributed by atoms with E-state index in [4.69, 9.17) is 17.2 Å². The van der Waals surface area contributed by atoms with Crippen LogP contribution in [0.4, 0.5) is 0 Å². The summed E-state index contributed by atoms with van der Waals surface area (Å²) in [6.45, 7) is 10.4. The van der Waals surface area contributed by atoms with Gasteiger partial charge in [0, 0.05) is 36.3 Å². The first-order valence-electron chi connectivity index (χ1n) is 24.5. The van der Waals surface area contributed by atoms with Crippen LogP contribution in [0.15, 0.2) is 21.1 Å². The van der Waals surface area contributed by atoms with Gasteiger partial charge in [0.05, 0.1) is 21.9 Å². The number of amides is 11. The quantitative estimate of drug-likeness (QED) is 0.0843. The Bertz CT molecular complexity index is 2230. The fraction of sp³-hybridized carbons (Fsp3) is 0.638. The van der Waals surface area contributed by atoms with E-state index in [0.29, 0.717) is 40.2 Å². The summed E-state index contributed by atoms with van der Waals surface area (Å²) in [5.74, 6) is -9.94. The minimum atomic E-state index is -1.75. The van der Waals surface area contributed by atoms with E-state index in [0.717, 1.165) is 10.8 Å². The van der Waals surface area contributed by atoms with Crippen molar-refractivity contribution in [1.29, 1.82) is 0 Å². The molecular weight excluding hydrogens is 1130 g/mol. The van der Waals surface area contributed by atoms with Gasteiger partial charge in [-0.1, -0.05) is 69.6 Å². The Morgan fingerprint density at radius 2 is 1.43 bits per heavy atom. The molecule has 23 nitrogen and oxygen atoms in total. The molecule has 1 aromatic carbocycles. The number of aromatic hydroxyl groups is 1. The second-order valence-electron chi connectivity index (χ2n) is 19.0. The minimum absolute atomic E-state index is 0.0605. The van der Waals surface area contributed by atoms with Crippen LogP contribution in [0.3, 0.4) is 0 Å². The van der Waals surface area contributed by atoms with Crippen LogP contribution >= 0.6 is 53.4 Å². The average Bonchev–Trinajstić information content (AvgIpc) is 3.83. The largest absolute Gasteiger partial charge is 0.506 e. The molecule has 0 spiro atoms. The van der Waals surface area contributed by atoms with Crippen LogP contribution in [0.1, 0.15) is 111 Å². The molecule has 2 aliphatic rings. The zero-order valence-electron chi connectivity index (χ0n) is 42.4. The van der Waals surface area contributed by atoms with Gasteiger partial charge in [-0.15, -0.1) is 0 Å². The van der Waals surface area contributed by atoms with Gasteiger partial charge in [0.25, 0.3) is 0 Å². The van der Waals surface area contributed by atoms with Crippen molar-refractivity contribution in [1.82, 2.24) is 42.1 Å². The molecule has 2 fully saturated rings. The molecule has 412 valence electrons. The van der Waals surface area contributed by atoms with Crippen molar-refractivity contribution in [2.45, 2.75) is 159 Å². The van der Waals surface area contributed by atoms with Gasteiger partial charge >= 0.3 is 0 Å². The van der Waals surface area contributed by atoms with E-state index in [2.05, 4.69) is 69.1 Å². The van der Waals surface area contributed by atoms with Gasteiger partial charge in [-0.2, -0.15) is 0 Å². The number of phenols is 1. The highest BCUT2D eigenvalue weighted by atomic mass is 79.9. The monoisotopic (exact) mass is 1200 g/mol. The lowest BCUT2D eigenvalue weighted by atomic mass is 9.95. The second-order valence-corrected chi connectivity index (χ2v) is 23.5. The van der Waals surface area contributed by atoms with Crippen molar-refractivity contribution in [3.8, 4) is 5.75 Å². The van der Waals surface area contributed by atoms with Crippen LogP contribution in [0, 0.1) is 11.8 Å². The summed E-state index contributed by atoms with van der Waals surface area (Å²) in [6, 6.07) is -6.48. The average molecular weight is 1210 g/mol. The van der Waals surface area contributed by atoms with Crippen molar-refractivity contribution in [3.05, 3.63) is 26.6 Å². The maximum atomic E-state index is 14.8. The lowest BCUT2D eigenvalue weighted by molar-refractivity contribution is -0.142. The number of nitrogens with two attached hydrogens (primary N) is 3. The summed E-state index contributed by atoms with van der Waals surface area (Å²) < 4.78 is -0.235. The summed E-state index contributed by atoms with van der Waals surface area (Å²) in [5, 5.41) is 28.8. The summed E-state index contributed by atoms with van der Waals surface area (Å²) in [6.07, 6.45) is 0.0179. The second kappa shape index (κ2) is 29.8. The maximum Gasteiger partial charge on any atom is 0.246 e. The molecule has 74 heavy (non-hydrogen) atoms. The molecule has 1 unspecified atom stereocenters. The number of likely N-dealkylation sites (tertiary alicyclic amines) is 1. The first-order valence-corrected chi connectivity index (χ1v) is 28.4. The third-order valence-corrected chi connectivity index (χ3v) is 17.5. The SMILES string of the molecule is CC[C@H](C)C1NC(=O)[C@H](Cc2cc(Br)c(O)c(Br)c2)NC(=O)CC(CC)(CC)SSC[C@@H](C(=O)N2CCC[C@H]2C(=O)N[C@@H](CC(C)C)C(=O)NCC(N)=O)NC(=O)[C@H](CC(N)=O)NC(=O)[C@H](CCC(N)=O)NC1=O. The van der Waals surface area contributed by atoms with Gasteiger partial charge in [-0.05, 0) is 99.9 Å². The normalized spacial score (nSPS) is 23.2. The van der Waals surface area contributed by atoms with E-state index < -0.39 is 144 Å². The summed E-state index contributed by atoms with van der Waals surface area (Å²) in [4.78, 5) is 151. The van der Waals surface area contributed by atoms with Crippen LogP contribution in [0.2, 0.25) is 0 Å². The van der Waals surface area contributed by atoms with Gasteiger partial charge < -0.3 is 64.4 Å². The van der Waals surface area contributed by atoms with Crippen LogP contribution in [0.25, 0.3) is 0 Å². The zero-order chi connectivity index (χ0) is 55.6. The number of primary amides is 3. The molecule has 14 N–H and O–H groups in total. The fourth-order valence-corrected chi connectivity index (χ4v) is 12.9. The molecule has 11 amide bonds. The first kappa shape index (κ1) is 63.1. The molecular formula is C47H71Br2N11O12S2. The van der Waals surface area contributed by atoms with Crippen LogP contribution in [-0.4, -0.2) is 141 Å². The predicted octanol–water partition coefficient (Wildman–Crippen LogP) is 0.538. The lowest BCUT2D eigenvalue weighted by Crippen LogP contribution is -2.61. The fourth-order valence-electron chi connectivity index (χ4n) is 8.27. The molecule has 0 aliphatic carbocycles. The number of hydrogen-bond acceptors (Lipinski definition) is 14. The van der Waals surface area contributed by atoms with E-state index >= 15 is 0 Å². The van der Waals surface area contributed by atoms with Crippen molar-refractivity contribution >= 4 is 118 Å². The molecule has 1 aromatic rings. The van der Waals surface area contributed by atoms with Crippen LogP contribution < -0.4 is 54.4 Å². The number of rotatable bonds is 19. The Hall–Kier alpha value is -5.15. The number of nitrogens with zero attached hydrogens (tertiary/aromatic N) is 1. The highest BCUT2D eigenvalue weighted by Gasteiger charge is 2.42. The molecule has 8 atom stereocenters. The number of phenolic OH excluding ortho intramolecular Hbond substituents is 1. The Morgan fingerprint density at radius 3 is 2.00 bits per heavy atom. The number of carbonyl (C=O) groups excluding carboxylic acids is 11. The first-order chi connectivity index (χ1) is 34.7. The van der Waals surface area contributed by atoms with Gasteiger partial charge in [-0.25, -0.2) is 0 Å². The molecule has 0 aromatic heterocycles. The van der Waals surface area contributed by atoms with Gasteiger partial charge in [0.2, 0.25) is 65.0 Å². The summed E-state index contributed by atoms with van der Waals surface area (Å²) in [5.41, 5.74) is 16.8. The van der Waals surface area contributed by atoms with E-state index in [1.807, 2.05) is 27.7 Å². The van der Waals surface area contributed by atoms with Gasteiger partial charge in [-0.3, -0.25) is 52.7 Å². The summed E-state index contributed by atoms with van der Waals surface area (Å²) >= 11 is 6.62. The number of halogens is 2. The Morgan fingerprint density at radius 1 is 0.824 bits per heavy atom. The molecule has 3 rings (SSSR count). The minimum Gasteiger partial charge on any atom is -0.506 e. The van der Waals surface area contributed by atoms with Gasteiger partial charge in [0.15, 0.2) is 0 Å². The Kier molecular flexibility index (Phi) is 25.4. The maximum absolute atomic E-state index is 14.8. The molecule has 0 radical (unpaired) electrons. The predicted molar refractivity (Wildman–Crippen MR) is 285 cm³/mol. The Balaban J connectivity index is 2.17. The zero-order valence-corrected chi connectivity index (χ0v) is 47.2. The van der Waals surface area contributed by atoms with Crippen molar-refractivity contribution in [2.24, 2.45) is 29.0 Å². The third-order valence-electron chi connectivity index (χ3n) is 12.8. The molecule has 27 heteroatoms. The molecule has 2 aliphatic heterocycles. The van der Waals surface area contributed by atoms with E-state index in [9.17, 15) is 57.8 Å². The summed E-state index contributed by atoms with van der Waals surface area (Å²) in [7, 11) is 2.40. The van der Waals surface area contributed by atoms with E-state index in [-0.39, 0.29) is 49.6 Å². The lowest BCUT2D eigenvalue weighted by Gasteiger charge is -2.33. The molecule has 0 saturated carbocycles. The number of benzene rings is 1. The topological polar surface area (TPSA) is 374 Å². The number of carbonyl (C=O) groups is 11. The van der Waals surface area contributed by atoms with Crippen molar-refractivity contribution in [3.63, 3.8) is 0 Å². The standard InChI is InChI=1S/C47H71Br2N11O12S2/c1-7-24(6)38-45(71)55-28(12-13-34(50)61)41(67)56-31(19-35(51)62)42(68)58-32(46(72)60-14-10-11-33(60)44(70)57-29(15-23(4)5)40(66)53-21-36(52)63)22-73-74-47(8-2,9-3)20-37(64)54-30(43(69)59-38)18-25-16-26(48)39(65)27(49)17-25/h16-17,23-24,28-33,38,65H,7-15,18-22H2,1-6H3,(H2,50,61)(H2,51,62)(H2,52,63)(H,53,66)(H,54,64)(H,55,71)(H,56,67)(H,57,70)(H,58,68)(H,59,69)/t24-,28-,29-,30-,31-,32-,33-,38?/m0/s1. The molecule has 0 bridgehead atoms. The third kappa shape index (κ3) is 19.2. The Labute approximate surface area is 455 Å². The number of hydrogen-bond donors (Lipinski definition) is 11. The number of nitrogens with one attached hydrogen (secondary N) is 7. The van der Waals surface area contributed by atoms with Crippen molar-refractivity contribution in [2.75, 3.05) is 18.8 Å². The van der Waals surface area contributed by atoms with Crippen molar-refractivity contribution < 1.29 is 57.8 Å². The highest BCUT2D eigenvalue weighted by molar-refractivity contribution is 9.11. The van der Waals surface area contributed by atoms with E-state index in [1.54, 1.807) is 26.0 Å². The smallest absolute Gasteiger partial charge is 0.246 e. The van der Waals surface area contributed by atoms with E-state index in [1.165, 1.54) is 15.7 Å².